The van der Waals surface area contributed by atoms with Crippen molar-refractivity contribution in [2.45, 2.75) is 12.5 Å². The molecule has 2 heteroatoms. The van der Waals surface area contributed by atoms with E-state index in [0.717, 1.165) is 21.9 Å². The van der Waals surface area contributed by atoms with Crippen LogP contribution in [-0.2, 0) is 6.42 Å². The largest absolute Gasteiger partial charge is 0.388 e. The van der Waals surface area contributed by atoms with Crippen molar-refractivity contribution < 1.29 is 9.50 Å². The highest BCUT2D eigenvalue weighted by molar-refractivity contribution is 5.83. The zero-order valence-corrected chi connectivity index (χ0v) is 11.0. The van der Waals surface area contributed by atoms with Crippen LogP contribution in [0.1, 0.15) is 17.2 Å². The van der Waals surface area contributed by atoms with Crippen molar-refractivity contribution in [1.29, 1.82) is 0 Å². The van der Waals surface area contributed by atoms with Gasteiger partial charge in [0.1, 0.15) is 5.82 Å². The van der Waals surface area contributed by atoms with Gasteiger partial charge in [0.05, 0.1) is 6.10 Å². The summed E-state index contributed by atoms with van der Waals surface area (Å²) in [5.41, 5.74) is 1.65. The molecule has 3 aromatic rings. The monoisotopic (exact) mass is 266 g/mol. The lowest BCUT2D eigenvalue weighted by Gasteiger charge is -2.12. The molecular formula is C18H15FO. The van der Waals surface area contributed by atoms with Crippen LogP contribution in [0.2, 0.25) is 0 Å². The van der Waals surface area contributed by atoms with Crippen LogP contribution < -0.4 is 0 Å². The fourth-order valence-corrected chi connectivity index (χ4v) is 2.42. The van der Waals surface area contributed by atoms with Gasteiger partial charge in [-0.2, -0.15) is 0 Å². The van der Waals surface area contributed by atoms with Gasteiger partial charge in [0.2, 0.25) is 0 Å². The maximum Gasteiger partial charge on any atom is 0.123 e. The highest BCUT2D eigenvalue weighted by Gasteiger charge is 2.09. The van der Waals surface area contributed by atoms with E-state index in [4.69, 9.17) is 0 Å². The molecule has 1 nitrogen and oxygen atoms in total. The third kappa shape index (κ3) is 2.70. The molecule has 0 fully saturated rings. The summed E-state index contributed by atoms with van der Waals surface area (Å²) in [5, 5.41) is 12.5. The highest BCUT2D eigenvalue weighted by atomic mass is 19.1. The van der Waals surface area contributed by atoms with E-state index >= 15 is 0 Å². The molecule has 0 saturated carbocycles. The molecule has 3 aromatic carbocycles. The first kappa shape index (κ1) is 12.8. The molecule has 0 heterocycles. The van der Waals surface area contributed by atoms with Crippen molar-refractivity contribution in [1.82, 2.24) is 0 Å². The average molecular weight is 266 g/mol. The Morgan fingerprint density at radius 3 is 2.45 bits per heavy atom. The number of hydrogen-bond donors (Lipinski definition) is 1. The van der Waals surface area contributed by atoms with Gasteiger partial charge in [0.15, 0.2) is 0 Å². The van der Waals surface area contributed by atoms with Gasteiger partial charge < -0.3 is 5.11 Å². The Labute approximate surface area is 117 Å². The van der Waals surface area contributed by atoms with Crippen molar-refractivity contribution in [3.05, 3.63) is 83.7 Å². The second kappa shape index (κ2) is 5.43. The van der Waals surface area contributed by atoms with E-state index in [0.29, 0.717) is 6.42 Å². The zero-order valence-electron chi connectivity index (χ0n) is 11.0. The van der Waals surface area contributed by atoms with Gasteiger partial charge >= 0.3 is 0 Å². The number of halogens is 1. The summed E-state index contributed by atoms with van der Waals surface area (Å²) in [6.45, 7) is 0. The van der Waals surface area contributed by atoms with Crippen LogP contribution in [0.4, 0.5) is 4.39 Å². The van der Waals surface area contributed by atoms with Crippen LogP contribution in [0.3, 0.4) is 0 Å². The van der Waals surface area contributed by atoms with Crippen LogP contribution in [0.5, 0.6) is 0 Å². The average Bonchev–Trinajstić information content (AvgIpc) is 2.47. The molecule has 3 rings (SSSR count). The first-order valence-corrected chi connectivity index (χ1v) is 6.63. The smallest absolute Gasteiger partial charge is 0.123 e. The standard InChI is InChI=1S/C18H15FO/c19-17-7-3-4-13(10-17)11-18(20)16-9-8-14-5-1-2-6-15(14)12-16/h1-10,12,18,20H,11H2. The number of aliphatic hydroxyl groups is 1. The molecule has 0 aliphatic rings. The minimum Gasteiger partial charge on any atom is -0.388 e. The number of fused-ring (bicyclic) bond motifs is 1. The molecule has 0 spiro atoms. The van der Waals surface area contributed by atoms with E-state index < -0.39 is 6.10 Å². The third-order valence-electron chi connectivity index (χ3n) is 3.48. The molecular weight excluding hydrogens is 251 g/mol. The summed E-state index contributed by atoms with van der Waals surface area (Å²) < 4.78 is 13.1. The summed E-state index contributed by atoms with van der Waals surface area (Å²) >= 11 is 0. The molecule has 1 atom stereocenters. The molecule has 0 aromatic heterocycles. The molecule has 0 aliphatic heterocycles. The van der Waals surface area contributed by atoms with Crippen LogP contribution in [0, 0.1) is 5.82 Å². The van der Waals surface area contributed by atoms with Crippen molar-refractivity contribution in [3.8, 4) is 0 Å². The Bertz CT molecular complexity index is 736. The van der Waals surface area contributed by atoms with Gasteiger partial charge in [-0.15, -0.1) is 0 Å². The maximum atomic E-state index is 13.1. The fourth-order valence-electron chi connectivity index (χ4n) is 2.42. The van der Waals surface area contributed by atoms with E-state index in [2.05, 4.69) is 0 Å². The van der Waals surface area contributed by atoms with Crippen molar-refractivity contribution in [2.24, 2.45) is 0 Å². The molecule has 0 aliphatic carbocycles. The lowest BCUT2D eigenvalue weighted by Crippen LogP contribution is -2.02. The first-order valence-electron chi connectivity index (χ1n) is 6.63. The van der Waals surface area contributed by atoms with Crippen molar-refractivity contribution in [3.63, 3.8) is 0 Å². The van der Waals surface area contributed by atoms with Gasteiger partial charge in [-0.25, -0.2) is 4.39 Å². The molecule has 0 amide bonds. The van der Waals surface area contributed by atoms with E-state index in [1.54, 1.807) is 6.07 Å². The maximum absolute atomic E-state index is 13.1. The van der Waals surface area contributed by atoms with E-state index in [1.807, 2.05) is 48.5 Å². The number of aliphatic hydroxyl groups excluding tert-OH is 1. The lowest BCUT2D eigenvalue weighted by atomic mass is 9.99. The topological polar surface area (TPSA) is 20.2 Å². The Morgan fingerprint density at radius 2 is 1.65 bits per heavy atom. The Hall–Kier alpha value is -2.19. The number of benzene rings is 3. The van der Waals surface area contributed by atoms with Crippen molar-refractivity contribution in [2.75, 3.05) is 0 Å². The van der Waals surface area contributed by atoms with Gasteiger partial charge in [0.25, 0.3) is 0 Å². The molecule has 0 radical (unpaired) electrons. The predicted octanol–water partition coefficient (Wildman–Crippen LogP) is 4.26. The summed E-state index contributed by atoms with van der Waals surface area (Å²) in [6.07, 6.45) is -0.211. The SMILES string of the molecule is OC(Cc1cccc(F)c1)c1ccc2ccccc2c1. The highest BCUT2D eigenvalue weighted by Crippen LogP contribution is 2.23. The minimum absolute atomic E-state index is 0.270. The van der Waals surface area contributed by atoms with Gasteiger partial charge in [0, 0.05) is 6.42 Å². The van der Waals surface area contributed by atoms with Crippen molar-refractivity contribution >= 4 is 10.8 Å². The second-order valence-corrected chi connectivity index (χ2v) is 4.96. The van der Waals surface area contributed by atoms with Crippen LogP contribution in [-0.4, -0.2) is 5.11 Å². The molecule has 100 valence electrons. The Balaban J connectivity index is 1.86. The number of rotatable bonds is 3. The fraction of sp³-hybridized carbons (Fsp3) is 0.111. The normalized spacial score (nSPS) is 12.5. The number of hydrogen-bond acceptors (Lipinski definition) is 1. The summed E-state index contributed by atoms with van der Waals surface area (Å²) in [4.78, 5) is 0. The predicted molar refractivity (Wildman–Crippen MR) is 79.0 cm³/mol. The first-order chi connectivity index (χ1) is 9.72. The van der Waals surface area contributed by atoms with Gasteiger partial charge in [-0.05, 0) is 40.1 Å². The molecule has 0 saturated heterocycles. The molecule has 1 unspecified atom stereocenters. The summed E-state index contributed by atoms with van der Waals surface area (Å²) in [7, 11) is 0. The van der Waals surface area contributed by atoms with E-state index in [-0.39, 0.29) is 5.82 Å². The summed E-state index contributed by atoms with van der Waals surface area (Å²) in [5.74, 6) is -0.270. The lowest BCUT2D eigenvalue weighted by molar-refractivity contribution is 0.178. The second-order valence-electron chi connectivity index (χ2n) is 4.96. The van der Waals surface area contributed by atoms with E-state index in [9.17, 15) is 9.50 Å². The molecule has 0 bridgehead atoms. The summed E-state index contributed by atoms with van der Waals surface area (Å²) in [6, 6.07) is 20.3. The van der Waals surface area contributed by atoms with Gasteiger partial charge in [-0.1, -0.05) is 48.5 Å². The Morgan fingerprint density at radius 1 is 0.850 bits per heavy atom. The van der Waals surface area contributed by atoms with Crippen LogP contribution in [0.25, 0.3) is 10.8 Å². The van der Waals surface area contributed by atoms with Crippen LogP contribution in [0.15, 0.2) is 66.7 Å². The Kier molecular flexibility index (Phi) is 3.48. The van der Waals surface area contributed by atoms with E-state index in [1.165, 1.54) is 12.1 Å². The minimum atomic E-state index is -0.624. The molecule has 1 N–H and O–H groups in total. The zero-order chi connectivity index (χ0) is 13.9. The molecule has 20 heavy (non-hydrogen) atoms. The third-order valence-corrected chi connectivity index (χ3v) is 3.48. The van der Waals surface area contributed by atoms with Crippen LogP contribution >= 0.6 is 0 Å². The van der Waals surface area contributed by atoms with Gasteiger partial charge in [-0.3, -0.25) is 0 Å². The quantitative estimate of drug-likeness (QED) is 0.751.